The zero-order chi connectivity index (χ0) is 17.0. The average molecular weight is 453 g/mol. The Kier molecular flexibility index (Phi) is 13.4. The minimum Gasteiger partial charge on any atom is -0.466 e. The highest BCUT2D eigenvalue weighted by atomic mass is 127. The van der Waals surface area contributed by atoms with Crippen LogP contribution in [0.3, 0.4) is 0 Å². The molecule has 0 amide bonds. The fourth-order valence-corrected chi connectivity index (χ4v) is 3.01. The Balaban J connectivity index is 0.00000529. The summed E-state index contributed by atoms with van der Waals surface area (Å²) in [6, 6.07) is 0. The smallest absolute Gasteiger partial charge is 0.305 e. The van der Waals surface area contributed by atoms with Gasteiger partial charge in [-0.05, 0) is 44.4 Å². The van der Waals surface area contributed by atoms with Crippen molar-refractivity contribution in [1.29, 1.82) is 0 Å². The Hall–Kier alpha value is -0.530. The third-order valence-electron chi connectivity index (χ3n) is 4.92. The van der Waals surface area contributed by atoms with E-state index in [4.69, 9.17) is 4.74 Å². The van der Waals surface area contributed by atoms with Gasteiger partial charge in [0, 0.05) is 26.6 Å². The summed E-state index contributed by atoms with van der Waals surface area (Å²) in [4.78, 5) is 15.5. The molecule has 0 aliphatic heterocycles. The zero-order valence-electron chi connectivity index (χ0n) is 15.7. The number of carbonyl (C=O) groups excluding carboxylic acids is 1. The molecule has 0 radical (unpaired) electrons. The third kappa shape index (κ3) is 9.08. The summed E-state index contributed by atoms with van der Waals surface area (Å²) in [5, 5.41) is 6.85. The van der Waals surface area contributed by atoms with Crippen LogP contribution in [0.25, 0.3) is 0 Å². The van der Waals surface area contributed by atoms with Gasteiger partial charge in [-0.25, -0.2) is 0 Å². The van der Waals surface area contributed by atoms with Crippen LogP contribution >= 0.6 is 24.0 Å². The minimum atomic E-state index is -0.0731. The summed E-state index contributed by atoms with van der Waals surface area (Å²) >= 11 is 0. The second kappa shape index (κ2) is 13.7. The molecular weight excluding hydrogens is 417 g/mol. The van der Waals surface area contributed by atoms with Gasteiger partial charge in [0.1, 0.15) is 0 Å². The van der Waals surface area contributed by atoms with E-state index in [0.29, 0.717) is 18.4 Å². The molecule has 142 valence electrons. The molecular formula is C18H36IN3O2. The van der Waals surface area contributed by atoms with Crippen molar-refractivity contribution in [2.24, 2.45) is 10.4 Å². The molecule has 2 N–H and O–H groups in total. The number of esters is 1. The molecule has 1 aliphatic carbocycles. The van der Waals surface area contributed by atoms with Crippen LogP contribution in [-0.2, 0) is 9.53 Å². The molecule has 5 nitrogen and oxygen atoms in total. The number of rotatable bonds is 11. The van der Waals surface area contributed by atoms with Gasteiger partial charge in [0.05, 0.1) is 6.61 Å². The molecule has 1 rings (SSSR count). The summed E-state index contributed by atoms with van der Waals surface area (Å²) < 4.78 is 4.92. The van der Waals surface area contributed by atoms with Crippen LogP contribution in [-0.4, -0.2) is 38.7 Å². The van der Waals surface area contributed by atoms with Gasteiger partial charge >= 0.3 is 5.97 Å². The van der Waals surface area contributed by atoms with Crippen LogP contribution < -0.4 is 10.6 Å². The normalized spacial score (nSPS) is 15.9. The number of nitrogens with one attached hydrogen (secondary N) is 2. The molecule has 6 heteroatoms. The van der Waals surface area contributed by atoms with E-state index >= 15 is 0 Å². The summed E-state index contributed by atoms with van der Waals surface area (Å²) in [5.74, 6) is 0.840. The monoisotopic (exact) mass is 453 g/mol. The number of ether oxygens (including phenoxy) is 1. The SMILES string of the molecule is CCOC(=O)CCCCCCNC(=NC)NCC1(CC)CCC1.I. The van der Waals surface area contributed by atoms with Crippen molar-refractivity contribution in [2.45, 2.75) is 71.6 Å². The predicted molar refractivity (Wildman–Crippen MR) is 111 cm³/mol. The lowest BCUT2D eigenvalue weighted by Crippen LogP contribution is -2.46. The highest BCUT2D eigenvalue weighted by Gasteiger charge is 2.34. The Morgan fingerprint density at radius 1 is 1.12 bits per heavy atom. The number of guanidine groups is 1. The zero-order valence-corrected chi connectivity index (χ0v) is 18.0. The van der Waals surface area contributed by atoms with Crippen molar-refractivity contribution in [3.05, 3.63) is 0 Å². The Labute approximate surface area is 164 Å². The van der Waals surface area contributed by atoms with Crippen LogP contribution in [0.1, 0.15) is 71.6 Å². The fourth-order valence-electron chi connectivity index (χ4n) is 3.01. The quantitative estimate of drug-likeness (QED) is 0.164. The molecule has 0 unspecified atom stereocenters. The number of aliphatic imine (C=N–C) groups is 1. The Morgan fingerprint density at radius 3 is 2.38 bits per heavy atom. The van der Waals surface area contributed by atoms with Crippen molar-refractivity contribution in [1.82, 2.24) is 10.6 Å². The van der Waals surface area contributed by atoms with Gasteiger partial charge < -0.3 is 15.4 Å². The number of hydrogen-bond donors (Lipinski definition) is 2. The van der Waals surface area contributed by atoms with Crippen LogP contribution in [0.5, 0.6) is 0 Å². The Morgan fingerprint density at radius 2 is 1.83 bits per heavy atom. The van der Waals surface area contributed by atoms with Gasteiger partial charge in [0.15, 0.2) is 5.96 Å². The number of unbranched alkanes of at least 4 members (excludes halogenated alkanes) is 3. The van der Waals surface area contributed by atoms with Crippen molar-refractivity contribution in [2.75, 3.05) is 26.7 Å². The number of nitrogens with zero attached hydrogens (tertiary/aromatic N) is 1. The summed E-state index contributed by atoms with van der Waals surface area (Å²) in [7, 11) is 1.83. The molecule has 24 heavy (non-hydrogen) atoms. The largest absolute Gasteiger partial charge is 0.466 e. The van der Waals surface area contributed by atoms with E-state index in [1.165, 1.54) is 25.7 Å². The van der Waals surface area contributed by atoms with Crippen molar-refractivity contribution >= 4 is 35.9 Å². The van der Waals surface area contributed by atoms with Gasteiger partial charge in [-0.15, -0.1) is 24.0 Å². The molecule has 1 saturated carbocycles. The molecule has 1 aliphatic rings. The standard InChI is InChI=1S/C18H35N3O2.HI/c1-4-18(12-10-13-18)15-21-17(19-3)20-14-9-7-6-8-11-16(22)23-5-2;/h4-15H2,1-3H3,(H2,19,20,21);1H. The highest BCUT2D eigenvalue weighted by Crippen LogP contribution is 2.42. The lowest BCUT2D eigenvalue weighted by molar-refractivity contribution is -0.143. The summed E-state index contributed by atoms with van der Waals surface area (Å²) in [5.41, 5.74) is 0.505. The van der Waals surface area contributed by atoms with E-state index in [9.17, 15) is 4.79 Å². The van der Waals surface area contributed by atoms with Crippen LogP contribution in [0.2, 0.25) is 0 Å². The second-order valence-electron chi connectivity index (χ2n) is 6.53. The first-order chi connectivity index (χ1) is 11.2. The summed E-state index contributed by atoms with van der Waals surface area (Å²) in [6.45, 7) is 6.57. The van der Waals surface area contributed by atoms with Gasteiger partial charge in [0.25, 0.3) is 0 Å². The first-order valence-electron chi connectivity index (χ1n) is 9.26. The average Bonchev–Trinajstić information content (AvgIpc) is 2.51. The molecule has 0 saturated heterocycles. The molecule has 0 heterocycles. The number of halogens is 1. The van der Waals surface area contributed by atoms with Crippen LogP contribution in [0.15, 0.2) is 4.99 Å². The lowest BCUT2D eigenvalue weighted by Gasteiger charge is -2.41. The minimum absolute atomic E-state index is 0. The van der Waals surface area contributed by atoms with E-state index < -0.39 is 0 Å². The molecule has 0 bridgehead atoms. The van der Waals surface area contributed by atoms with E-state index in [0.717, 1.165) is 44.7 Å². The molecule has 0 atom stereocenters. The van der Waals surface area contributed by atoms with Gasteiger partial charge in [-0.1, -0.05) is 26.2 Å². The first-order valence-corrected chi connectivity index (χ1v) is 9.26. The molecule has 1 fully saturated rings. The fraction of sp³-hybridized carbons (Fsp3) is 0.889. The lowest BCUT2D eigenvalue weighted by atomic mass is 9.67. The molecule has 0 aromatic heterocycles. The topological polar surface area (TPSA) is 62.7 Å². The van der Waals surface area contributed by atoms with Crippen molar-refractivity contribution in [3.63, 3.8) is 0 Å². The van der Waals surface area contributed by atoms with Gasteiger partial charge in [0.2, 0.25) is 0 Å². The number of carbonyl (C=O) groups is 1. The van der Waals surface area contributed by atoms with E-state index in [1.807, 2.05) is 14.0 Å². The predicted octanol–water partition coefficient (Wildman–Crippen LogP) is 3.86. The van der Waals surface area contributed by atoms with Gasteiger partial charge in [-0.2, -0.15) is 0 Å². The highest BCUT2D eigenvalue weighted by molar-refractivity contribution is 14.0. The summed E-state index contributed by atoms with van der Waals surface area (Å²) in [6.07, 6.45) is 10.1. The third-order valence-corrected chi connectivity index (χ3v) is 4.92. The second-order valence-corrected chi connectivity index (χ2v) is 6.53. The van der Waals surface area contributed by atoms with E-state index in [1.54, 1.807) is 0 Å². The first kappa shape index (κ1) is 23.5. The van der Waals surface area contributed by atoms with Crippen molar-refractivity contribution < 1.29 is 9.53 Å². The van der Waals surface area contributed by atoms with E-state index in [2.05, 4.69) is 22.5 Å². The molecule has 0 spiro atoms. The molecule has 0 aromatic rings. The maximum absolute atomic E-state index is 11.2. The maximum Gasteiger partial charge on any atom is 0.305 e. The van der Waals surface area contributed by atoms with Crippen molar-refractivity contribution in [3.8, 4) is 0 Å². The van der Waals surface area contributed by atoms with Gasteiger partial charge in [-0.3, -0.25) is 9.79 Å². The van der Waals surface area contributed by atoms with E-state index in [-0.39, 0.29) is 29.9 Å². The van der Waals surface area contributed by atoms with Crippen LogP contribution in [0, 0.1) is 5.41 Å². The van der Waals surface area contributed by atoms with Crippen LogP contribution in [0.4, 0.5) is 0 Å². The number of hydrogen-bond acceptors (Lipinski definition) is 3. The maximum atomic E-state index is 11.2. The Bertz CT molecular complexity index is 366. The molecule has 0 aromatic carbocycles.